The number of rotatable bonds is 4. The Labute approximate surface area is 102 Å². The molecule has 0 bridgehead atoms. The lowest BCUT2D eigenvalue weighted by Crippen LogP contribution is -2.29. The molecule has 0 amide bonds. The molecule has 0 N–H and O–H groups in total. The summed E-state index contributed by atoms with van der Waals surface area (Å²) in [5, 5.41) is 0. The van der Waals surface area contributed by atoms with Crippen molar-refractivity contribution in [3.63, 3.8) is 0 Å². The van der Waals surface area contributed by atoms with Crippen LogP contribution < -0.4 is 4.31 Å². The number of hydrogen-bond acceptors (Lipinski definition) is 2. The first-order chi connectivity index (χ1) is 7.79. The zero-order chi connectivity index (χ0) is 13.2. The first-order valence-corrected chi connectivity index (χ1v) is 7.16. The first kappa shape index (κ1) is 14.0. The highest BCUT2D eigenvalue weighted by molar-refractivity contribution is 7.92. The van der Waals surface area contributed by atoms with Gasteiger partial charge >= 0.3 is 0 Å². The van der Waals surface area contributed by atoms with E-state index in [1.807, 2.05) is 13.8 Å². The van der Waals surface area contributed by atoms with E-state index in [0.29, 0.717) is 5.69 Å². The first-order valence-electron chi connectivity index (χ1n) is 5.55. The largest absolute Gasteiger partial charge is 0.273 e. The molecule has 1 aromatic rings. The monoisotopic (exact) mass is 259 g/mol. The minimum Gasteiger partial charge on any atom is -0.273 e. The van der Waals surface area contributed by atoms with Crippen LogP contribution >= 0.6 is 0 Å². The van der Waals surface area contributed by atoms with E-state index in [0.717, 1.165) is 9.87 Å². The molecule has 0 aliphatic rings. The average Bonchev–Trinajstić information content (AvgIpc) is 2.27. The highest BCUT2D eigenvalue weighted by Crippen LogP contribution is 2.29. The van der Waals surface area contributed by atoms with E-state index in [-0.39, 0.29) is 11.7 Å². The van der Waals surface area contributed by atoms with Gasteiger partial charge in [-0.05, 0) is 30.5 Å². The Balaban J connectivity index is 3.34. The third-order valence-electron chi connectivity index (χ3n) is 2.74. The molecule has 0 radical (unpaired) electrons. The van der Waals surface area contributed by atoms with Gasteiger partial charge in [-0.2, -0.15) is 0 Å². The Morgan fingerprint density at radius 2 is 1.94 bits per heavy atom. The van der Waals surface area contributed by atoms with E-state index in [9.17, 15) is 12.8 Å². The van der Waals surface area contributed by atoms with Crippen LogP contribution in [0.5, 0.6) is 0 Å². The van der Waals surface area contributed by atoms with Crippen molar-refractivity contribution in [1.82, 2.24) is 0 Å². The van der Waals surface area contributed by atoms with Crippen molar-refractivity contribution in [2.75, 3.05) is 17.1 Å². The predicted octanol–water partition coefficient (Wildman–Crippen LogP) is 2.74. The van der Waals surface area contributed by atoms with Crippen molar-refractivity contribution in [1.29, 1.82) is 0 Å². The van der Waals surface area contributed by atoms with Crippen LogP contribution in [0.3, 0.4) is 0 Å². The Bertz CT molecular complexity index is 497. The lowest BCUT2D eigenvalue weighted by atomic mass is 10.0. The molecule has 0 aliphatic heterocycles. The van der Waals surface area contributed by atoms with Crippen LogP contribution in [0.1, 0.15) is 32.3 Å². The number of hydrogen-bond donors (Lipinski definition) is 0. The summed E-state index contributed by atoms with van der Waals surface area (Å²) in [7, 11) is -1.90. The minimum atomic E-state index is -3.36. The third kappa shape index (κ3) is 2.97. The minimum absolute atomic E-state index is 0.00243. The average molecular weight is 259 g/mol. The molecular weight excluding hydrogens is 241 g/mol. The van der Waals surface area contributed by atoms with Gasteiger partial charge in [0.1, 0.15) is 5.82 Å². The van der Waals surface area contributed by atoms with Crippen molar-refractivity contribution in [3.05, 3.63) is 29.6 Å². The summed E-state index contributed by atoms with van der Waals surface area (Å²) < 4.78 is 38.0. The fourth-order valence-electron chi connectivity index (χ4n) is 1.62. The van der Waals surface area contributed by atoms with Gasteiger partial charge in [0.2, 0.25) is 10.0 Å². The van der Waals surface area contributed by atoms with Gasteiger partial charge in [-0.3, -0.25) is 4.31 Å². The van der Waals surface area contributed by atoms with Crippen LogP contribution in [-0.2, 0) is 10.0 Å². The SMILES string of the molecule is CCS(=O)(=O)N(C)c1cc(F)ccc1C(C)C. The van der Waals surface area contributed by atoms with Gasteiger partial charge in [0, 0.05) is 7.05 Å². The summed E-state index contributed by atoms with van der Waals surface area (Å²) >= 11 is 0. The van der Waals surface area contributed by atoms with E-state index in [1.54, 1.807) is 13.0 Å². The standard InChI is InChI=1S/C12H18FNO2S/c1-5-17(15,16)14(4)12-8-10(13)6-7-11(12)9(2)3/h6-9H,5H2,1-4H3. The molecule has 3 nitrogen and oxygen atoms in total. The number of anilines is 1. The molecule has 0 aliphatic carbocycles. The van der Waals surface area contributed by atoms with E-state index in [2.05, 4.69) is 0 Å². The number of halogens is 1. The van der Waals surface area contributed by atoms with Gasteiger partial charge in [-0.25, -0.2) is 12.8 Å². The third-order valence-corrected chi connectivity index (χ3v) is 4.50. The zero-order valence-corrected chi connectivity index (χ0v) is 11.4. The summed E-state index contributed by atoms with van der Waals surface area (Å²) in [6.07, 6.45) is 0. The highest BCUT2D eigenvalue weighted by Gasteiger charge is 2.20. The molecule has 0 heterocycles. The zero-order valence-electron chi connectivity index (χ0n) is 10.6. The van der Waals surface area contributed by atoms with E-state index in [1.165, 1.54) is 19.2 Å². The number of nitrogens with zero attached hydrogens (tertiary/aromatic N) is 1. The molecule has 0 atom stereocenters. The molecule has 96 valence electrons. The lowest BCUT2D eigenvalue weighted by molar-refractivity contribution is 0.594. The lowest BCUT2D eigenvalue weighted by Gasteiger charge is -2.23. The van der Waals surface area contributed by atoms with Gasteiger partial charge < -0.3 is 0 Å². The molecule has 0 unspecified atom stereocenters. The Hall–Kier alpha value is -1.10. The second-order valence-electron chi connectivity index (χ2n) is 4.23. The Kier molecular flexibility index (Phi) is 4.14. The molecule has 1 aromatic carbocycles. The van der Waals surface area contributed by atoms with Crippen molar-refractivity contribution < 1.29 is 12.8 Å². The second kappa shape index (κ2) is 5.04. The number of benzene rings is 1. The second-order valence-corrected chi connectivity index (χ2v) is 6.51. The van der Waals surface area contributed by atoms with Crippen LogP contribution in [0, 0.1) is 5.82 Å². The van der Waals surface area contributed by atoms with Crippen molar-refractivity contribution in [3.8, 4) is 0 Å². The summed E-state index contributed by atoms with van der Waals surface area (Å²) in [6, 6.07) is 4.25. The molecule has 0 aromatic heterocycles. The van der Waals surface area contributed by atoms with Crippen LogP contribution in [-0.4, -0.2) is 21.2 Å². The maximum absolute atomic E-state index is 13.2. The summed E-state index contributed by atoms with van der Waals surface area (Å²) in [6.45, 7) is 5.46. The fourth-order valence-corrected chi connectivity index (χ4v) is 2.47. The van der Waals surface area contributed by atoms with Gasteiger partial charge in [0.15, 0.2) is 0 Å². The molecule has 5 heteroatoms. The van der Waals surface area contributed by atoms with Gasteiger partial charge in [0.25, 0.3) is 0 Å². The van der Waals surface area contributed by atoms with Gasteiger partial charge in [0.05, 0.1) is 11.4 Å². The smallest absolute Gasteiger partial charge is 0.234 e. The molecular formula is C12H18FNO2S. The van der Waals surface area contributed by atoms with E-state index >= 15 is 0 Å². The Morgan fingerprint density at radius 3 is 2.41 bits per heavy atom. The quantitative estimate of drug-likeness (QED) is 0.833. The van der Waals surface area contributed by atoms with Crippen LogP contribution in [0.25, 0.3) is 0 Å². The van der Waals surface area contributed by atoms with Gasteiger partial charge in [-0.15, -0.1) is 0 Å². The van der Waals surface area contributed by atoms with Crippen LogP contribution in [0.15, 0.2) is 18.2 Å². The van der Waals surface area contributed by atoms with E-state index in [4.69, 9.17) is 0 Å². The summed E-state index contributed by atoms with van der Waals surface area (Å²) in [4.78, 5) is 0. The molecule has 1 rings (SSSR count). The predicted molar refractivity (Wildman–Crippen MR) is 68.4 cm³/mol. The van der Waals surface area contributed by atoms with Gasteiger partial charge in [-0.1, -0.05) is 19.9 Å². The van der Waals surface area contributed by atoms with Crippen LogP contribution in [0.4, 0.5) is 10.1 Å². The maximum atomic E-state index is 13.2. The van der Waals surface area contributed by atoms with Crippen LogP contribution in [0.2, 0.25) is 0 Å². The maximum Gasteiger partial charge on any atom is 0.234 e. The normalized spacial score (nSPS) is 11.9. The van der Waals surface area contributed by atoms with Crippen molar-refractivity contribution >= 4 is 15.7 Å². The highest BCUT2D eigenvalue weighted by atomic mass is 32.2. The fraction of sp³-hybridized carbons (Fsp3) is 0.500. The van der Waals surface area contributed by atoms with Crippen molar-refractivity contribution in [2.45, 2.75) is 26.7 Å². The molecule has 0 saturated heterocycles. The van der Waals surface area contributed by atoms with E-state index < -0.39 is 15.8 Å². The molecule has 0 saturated carbocycles. The Morgan fingerprint density at radius 1 is 1.35 bits per heavy atom. The van der Waals surface area contributed by atoms with Crippen molar-refractivity contribution in [2.24, 2.45) is 0 Å². The molecule has 17 heavy (non-hydrogen) atoms. The topological polar surface area (TPSA) is 37.4 Å². The summed E-state index contributed by atoms with van der Waals surface area (Å²) in [5.74, 6) is -0.292. The summed E-state index contributed by atoms with van der Waals surface area (Å²) in [5.41, 5.74) is 1.24. The molecule has 0 fully saturated rings. The number of sulfonamides is 1. The molecule has 0 spiro atoms.